The summed E-state index contributed by atoms with van der Waals surface area (Å²) >= 11 is 1.85. The van der Waals surface area contributed by atoms with E-state index in [0.29, 0.717) is 0 Å². The average molecular weight is 578 g/mol. The fraction of sp³-hybridized carbons (Fsp3) is 0. The van der Waals surface area contributed by atoms with Gasteiger partial charge in [0.2, 0.25) is 0 Å². The second-order valence-electron chi connectivity index (χ2n) is 11.4. The number of hydrogen-bond acceptors (Lipinski definition) is 3. The molecule has 7 aromatic carbocycles. The predicted molar refractivity (Wildman–Crippen MR) is 187 cm³/mol. The molecule has 0 spiro atoms. The Hall–Kier alpha value is -5.58. The van der Waals surface area contributed by atoms with Crippen LogP contribution in [0.25, 0.3) is 91.6 Å². The number of thiophene rings is 1. The molecule has 0 aliphatic carbocycles. The lowest BCUT2D eigenvalue weighted by Gasteiger charge is -2.15. The molecule has 0 amide bonds. The zero-order valence-electron chi connectivity index (χ0n) is 23.5. The molecule has 10 aromatic rings. The number of benzene rings is 7. The average Bonchev–Trinajstić information content (AvgIpc) is 3.59. The minimum absolute atomic E-state index is 0.843. The van der Waals surface area contributed by atoms with Crippen LogP contribution in [0.5, 0.6) is 0 Å². The van der Waals surface area contributed by atoms with Crippen LogP contribution in [0, 0.1) is 0 Å². The molecule has 3 aromatic heterocycles. The highest BCUT2D eigenvalue weighted by Crippen LogP contribution is 2.43. The van der Waals surface area contributed by atoms with Crippen LogP contribution in [0.4, 0.5) is 0 Å². The van der Waals surface area contributed by atoms with E-state index in [1.54, 1.807) is 0 Å². The summed E-state index contributed by atoms with van der Waals surface area (Å²) in [5.74, 6) is 0.843. The van der Waals surface area contributed by atoms with Gasteiger partial charge in [0, 0.05) is 36.5 Å². The number of nitrogens with zero attached hydrogens (tertiary/aromatic N) is 3. The Balaban J connectivity index is 1.42. The molecule has 0 aliphatic rings. The van der Waals surface area contributed by atoms with Crippen LogP contribution in [-0.4, -0.2) is 14.5 Å². The second-order valence-corrected chi connectivity index (χ2v) is 12.5. The quantitative estimate of drug-likeness (QED) is 0.205. The van der Waals surface area contributed by atoms with E-state index in [0.717, 1.165) is 39.1 Å². The van der Waals surface area contributed by atoms with Gasteiger partial charge in [-0.15, -0.1) is 11.3 Å². The number of aromatic nitrogens is 3. The molecule has 0 N–H and O–H groups in total. The van der Waals surface area contributed by atoms with Crippen LogP contribution in [0.3, 0.4) is 0 Å². The van der Waals surface area contributed by atoms with Crippen molar-refractivity contribution in [3.05, 3.63) is 140 Å². The Labute approximate surface area is 256 Å². The SMILES string of the molecule is c1ccc2cc3c(cc2c1)c1cc2c(cc1n3-c1nc3ccccc3nc1-c1cccc3ccccc13)sc1ccccc12. The van der Waals surface area contributed by atoms with Crippen molar-refractivity contribution in [2.24, 2.45) is 0 Å². The monoisotopic (exact) mass is 577 g/mol. The minimum Gasteiger partial charge on any atom is -0.292 e. The second kappa shape index (κ2) is 8.96. The van der Waals surface area contributed by atoms with E-state index in [9.17, 15) is 0 Å². The van der Waals surface area contributed by atoms with Gasteiger partial charge in [0.1, 0.15) is 5.69 Å². The Kier molecular flexibility index (Phi) is 4.87. The molecular weight excluding hydrogens is 555 g/mol. The normalized spacial score (nSPS) is 12.1. The number of rotatable bonds is 2. The topological polar surface area (TPSA) is 30.7 Å². The van der Waals surface area contributed by atoms with E-state index in [2.05, 4.69) is 132 Å². The first kappa shape index (κ1) is 23.9. The van der Waals surface area contributed by atoms with Crippen molar-refractivity contribution in [2.45, 2.75) is 0 Å². The largest absolute Gasteiger partial charge is 0.292 e. The van der Waals surface area contributed by atoms with Crippen LogP contribution in [-0.2, 0) is 0 Å². The highest BCUT2D eigenvalue weighted by Gasteiger charge is 2.22. The summed E-state index contributed by atoms with van der Waals surface area (Å²) in [4.78, 5) is 10.8. The Bertz CT molecular complexity index is 2780. The lowest BCUT2D eigenvalue weighted by molar-refractivity contribution is 1.08. The van der Waals surface area contributed by atoms with Gasteiger partial charge in [-0.2, -0.15) is 0 Å². The number of hydrogen-bond donors (Lipinski definition) is 0. The van der Waals surface area contributed by atoms with Crippen LogP contribution >= 0.6 is 11.3 Å². The summed E-state index contributed by atoms with van der Waals surface area (Å²) in [6.45, 7) is 0. The van der Waals surface area contributed by atoms with E-state index in [1.807, 2.05) is 23.5 Å². The molecule has 204 valence electrons. The molecule has 0 bridgehead atoms. The fourth-order valence-corrected chi connectivity index (χ4v) is 8.03. The third-order valence-electron chi connectivity index (χ3n) is 8.94. The zero-order chi connectivity index (χ0) is 28.8. The maximum absolute atomic E-state index is 5.41. The lowest BCUT2D eigenvalue weighted by Crippen LogP contribution is -2.04. The van der Waals surface area contributed by atoms with Gasteiger partial charge in [0.05, 0.1) is 22.1 Å². The minimum atomic E-state index is 0.843. The summed E-state index contributed by atoms with van der Waals surface area (Å²) in [5.41, 5.74) is 5.99. The fourth-order valence-electron chi connectivity index (χ4n) is 6.91. The van der Waals surface area contributed by atoms with Crippen LogP contribution in [0.2, 0.25) is 0 Å². The summed E-state index contributed by atoms with van der Waals surface area (Å²) in [6.07, 6.45) is 0. The predicted octanol–water partition coefficient (Wildman–Crippen LogP) is 11.1. The van der Waals surface area contributed by atoms with Gasteiger partial charge in [0.25, 0.3) is 0 Å². The summed E-state index contributed by atoms with van der Waals surface area (Å²) < 4.78 is 4.93. The first-order valence-corrected chi connectivity index (χ1v) is 15.7. The maximum Gasteiger partial charge on any atom is 0.165 e. The molecule has 0 aliphatic heterocycles. The van der Waals surface area contributed by atoms with E-state index in [1.165, 1.54) is 52.5 Å². The molecule has 0 atom stereocenters. The van der Waals surface area contributed by atoms with Crippen molar-refractivity contribution in [2.75, 3.05) is 0 Å². The van der Waals surface area contributed by atoms with Gasteiger partial charge in [-0.1, -0.05) is 97.1 Å². The van der Waals surface area contributed by atoms with Crippen molar-refractivity contribution in [1.29, 1.82) is 0 Å². The van der Waals surface area contributed by atoms with Crippen LogP contribution < -0.4 is 0 Å². The maximum atomic E-state index is 5.41. The van der Waals surface area contributed by atoms with Gasteiger partial charge in [-0.3, -0.25) is 4.57 Å². The molecule has 3 nitrogen and oxygen atoms in total. The van der Waals surface area contributed by atoms with Gasteiger partial charge in [-0.05, 0) is 64.0 Å². The first-order valence-electron chi connectivity index (χ1n) is 14.8. The molecule has 0 saturated heterocycles. The number of fused-ring (bicyclic) bond motifs is 9. The Morgan fingerprint density at radius 1 is 0.432 bits per heavy atom. The van der Waals surface area contributed by atoms with Crippen LogP contribution in [0.1, 0.15) is 0 Å². The molecule has 4 heteroatoms. The molecular formula is C40H23N3S. The highest BCUT2D eigenvalue weighted by molar-refractivity contribution is 7.25. The zero-order valence-corrected chi connectivity index (χ0v) is 24.3. The number of para-hydroxylation sites is 2. The molecule has 0 unspecified atom stereocenters. The van der Waals surface area contributed by atoms with Crippen molar-refractivity contribution in [3.63, 3.8) is 0 Å². The van der Waals surface area contributed by atoms with Gasteiger partial charge < -0.3 is 0 Å². The third kappa shape index (κ3) is 3.37. The smallest absolute Gasteiger partial charge is 0.165 e. The van der Waals surface area contributed by atoms with E-state index >= 15 is 0 Å². The summed E-state index contributed by atoms with van der Waals surface area (Å²) in [5, 5.41) is 9.83. The summed E-state index contributed by atoms with van der Waals surface area (Å²) in [6, 6.07) is 50.0. The van der Waals surface area contributed by atoms with E-state index in [-0.39, 0.29) is 0 Å². The third-order valence-corrected chi connectivity index (χ3v) is 10.1. The standard InChI is InChI=1S/C40H23N3S/c1-2-12-26-21-35-30(20-25(26)11-1)31-22-32-28-15-5-8-19-37(28)44-38(32)23-36(31)43(35)40-39(41-33-17-6-7-18-34(33)42-40)29-16-9-13-24-10-3-4-14-27(24)29/h1-23H. The molecule has 0 fully saturated rings. The lowest BCUT2D eigenvalue weighted by atomic mass is 10.0. The van der Waals surface area contributed by atoms with Crippen molar-refractivity contribution < 1.29 is 0 Å². The first-order chi connectivity index (χ1) is 21.8. The van der Waals surface area contributed by atoms with Crippen molar-refractivity contribution >= 4 is 85.9 Å². The molecule has 44 heavy (non-hydrogen) atoms. The summed E-state index contributed by atoms with van der Waals surface area (Å²) in [7, 11) is 0. The van der Waals surface area contributed by atoms with Gasteiger partial charge >= 0.3 is 0 Å². The Morgan fingerprint density at radius 2 is 1.07 bits per heavy atom. The van der Waals surface area contributed by atoms with E-state index < -0.39 is 0 Å². The Morgan fingerprint density at radius 3 is 1.93 bits per heavy atom. The van der Waals surface area contributed by atoms with Gasteiger partial charge in [0.15, 0.2) is 5.82 Å². The molecule has 0 saturated carbocycles. The molecule has 0 radical (unpaired) electrons. The van der Waals surface area contributed by atoms with Gasteiger partial charge in [-0.25, -0.2) is 9.97 Å². The molecule has 3 heterocycles. The molecule has 10 rings (SSSR count). The van der Waals surface area contributed by atoms with E-state index in [4.69, 9.17) is 9.97 Å². The van der Waals surface area contributed by atoms with Crippen LogP contribution in [0.15, 0.2) is 140 Å². The van der Waals surface area contributed by atoms with Crippen molar-refractivity contribution in [3.8, 4) is 17.1 Å². The van der Waals surface area contributed by atoms with Crippen molar-refractivity contribution in [1.82, 2.24) is 14.5 Å². The highest BCUT2D eigenvalue weighted by atomic mass is 32.1.